The lowest BCUT2D eigenvalue weighted by atomic mass is 10.2. The molecule has 1 saturated heterocycles. The topological polar surface area (TPSA) is 49.4 Å². The van der Waals surface area contributed by atoms with E-state index >= 15 is 0 Å². The molecular weight excluding hydrogens is 230 g/mol. The smallest absolute Gasteiger partial charge is 0.240 e. The zero-order valence-corrected chi connectivity index (χ0v) is 8.87. The SMILES string of the molecule is O=C1CN(Cc2cc(F)ccc2F)CC(=O)N1. The Morgan fingerprint density at radius 1 is 1.18 bits per heavy atom. The van der Waals surface area contributed by atoms with Crippen LogP contribution in [-0.2, 0) is 16.1 Å². The summed E-state index contributed by atoms with van der Waals surface area (Å²) >= 11 is 0. The third-order valence-corrected chi connectivity index (χ3v) is 2.41. The van der Waals surface area contributed by atoms with Gasteiger partial charge in [-0.05, 0) is 18.2 Å². The molecule has 1 aromatic carbocycles. The molecule has 1 N–H and O–H groups in total. The molecule has 1 fully saturated rings. The molecule has 0 spiro atoms. The highest BCUT2D eigenvalue weighted by atomic mass is 19.1. The van der Waals surface area contributed by atoms with Gasteiger partial charge in [-0.25, -0.2) is 8.78 Å². The van der Waals surface area contributed by atoms with Crippen molar-refractivity contribution in [3.05, 3.63) is 35.4 Å². The molecular formula is C11H10F2N2O2. The maximum absolute atomic E-state index is 13.3. The summed E-state index contributed by atoms with van der Waals surface area (Å²) in [6.45, 7) is 0.0339. The van der Waals surface area contributed by atoms with Crippen molar-refractivity contribution in [2.45, 2.75) is 6.54 Å². The van der Waals surface area contributed by atoms with Gasteiger partial charge in [-0.2, -0.15) is 0 Å². The van der Waals surface area contributed by atoms with E-state index in [2.05, 4.69) is 5.32 Å². The van der Waals surface area contributed by atoms with Gasteiger partial charge in [-0.1, -0.05) is 0 Å². The van der Waals surface area contributed by atoms with Gasteiger partial charge in [-0.3, -0.25) is 19.8 Å². The Morgan fingerprint density at radius 3 is 2.47 bits per heavy atom. The van der Waals surface area contributed by atoms with E-state index in [0.29, 0.717) is 0 Å². The predicted octanol–water partition coefficient (Wildman–Crippen LogP) is 0.423. The summed E-state index contributed by atoms with van der Waals surface area (Å²) in [6.07, 6.45) is 0. The molecule has 1 aliphatic heterocycles. The Labute approximate surface area is 96.2 Å². The van der Waals surface area contributed by atoms with Gasteiger partial charge in [0, 0.05) is 12.1 Å². The van der Waals surface area contributed by atoms with E-state index in [1.54, 1.807) is 0 Å². The molecule has 0 unspecified atom stereocenters. The summed E-state index contributed by atoms with van der Waals surface area (Å²) in [7, 11) is 0. The first-order chi connectivity index (χ1) is 8.04. The molecule has 0 aliphatic carbocycles. The van der Waals surface area contributed by atoms with Crippen molar-refractivity contribution >= 4 is 11.8 Å². The summed E-state index contributed by atoms with van der Waals surface area (Å²) in [5.41, 5.74) is 0.132. The summed E-state index contributed by atoms with van der Waals surface area (Å²) in [5.74, 6) is -1.96. The Kier molecular flexibility index (Phi) is 3.14. The highest BCUT2D eigenvalue weighted by Crippen LogP contribution is 2.12. The Hall–Kier alpha value is -1.82. The second kappa shape index (κ2) is 4.58. The molecule has 1 aromatic rings. The van der Waals surface area contributed by atoms with Gasteiger partial charge >= 0.3 is 0 Å². The first-order valence-electron chi connectivity index (χ1n) is 5.03. The number of hydrogen-bond donors (Lipinski definition) is 1. The molecule has 0 bridgehead atoms. The van der Waals surface area contributed by atoms with Crippen LogP contribution in [0.5, 0.6) is 0 Å². The fourth-order valence-corrected chi connectivity index (χ4v) is 1.71. The summed E-state index contributed by atoms with van der Waals surface area (Å²) in [5, 5.41) is 2.13. The van der Waals surface area contributed by atoms with Crippen molar-refractivity contribution < 1.29 is 18.4 Å². The van der Waals surface area contributed by atoms with Gasteiger partial charge in [0.1, 0.15) is 11.6 Å². The van der Waals surface area contributed by atoms with Crippen molar-refractivity contribution in [1.82, 2.24) is 10.2 Å². The van der Waals surface area contributed by atoms with Gasteiger partial charge < -0.3 is 0 Å². The predicted molar refractivity (Wildman–Crippen MR) is 54.8 cm³/mol. The second-order valence-corrected chi connectivity index (χ2v) is 3.85. The third-order valence-electron chi connectivity index (χ3n) is 2.41. The highest BCUT2D eigenvalue weighted by molar-refractivity contribution is 5.99. The van der Waals surface area contributed by atoms with Crippen LogP contribution in [0.25, 0.3) is 0 Å². The van der Waals surface area contributed by atoms with Crippen molar-refractivity contribution in [1.29, 1.82) is 0 Å². The maximum atomic E-state index is 13.3. The number of nitrogens with one attached hydrogen (secondary N) is 1. The number of amides is 2. The number of nitrogens with zero attached hydrogens (tertiary/aromatic N) is 1. The van der Waals surface area contributed by atoms with Crippen LogP contribution >= 0.6 is 0 Å². The van der Waals surface area contributed by atoms with Crippen LogP contribution < -0.4 is 5.32 Å². The molecule has 0 radical (unpaired) electrons. The van der Waals surface area contributed by atoms with E-state index < -0.39 is 23.4 Å². The summed E-state index contributed by atoms with van der Waals surface area (Å²) in [6, 6.07) is 3.11. The average Bonchev–Trinajstić information content (AvgIpc) is 2.22. The van der Waals surface area contributed by atoms with Crippen molar-refractivity contribution in [3.8, 4) is 0 Å². The minimum absolute atomic E-state index is 0.00168. The molecule has 6 heteroatoms. The number of benzene rings is 1. The lowest BCUT2D eigenvalue weighted by Gasteiger charge is -2.25. The highest BCUT2D eigenvalue weighted by Gasteiger charge is 2.23. The zero-order chi connectivity index (χ0) is 12.4. The molecule has 90 valence electrons. The lowest BCUT2D eigenvalue weighted by Crippen LogP contribution is -2.50. The number of rotatable bonds is 2. The molecule has 2 rings (SSSR count). The molecule has 0 atom stereocenters. The van der Waals surface area contributed by atoms with Gasteiger partial charge in [0.25, 0.3) is 0 Å². The standard InChI is InChI=1S/C11H10F2N2O2/c12-8-1-2-9(13)7(3-8)4-15-5-10(16)14-11(17)6-15/h1-3H,4-6H2,(H,14,16,17). The van der Waals surface area contributed by atoms with Crippen LogP contribution in [0.15, 0.2) is 18.2 Å². The first kappa shape index (κ1) is 11.7. The van der Waals surface area contributed by atoms with Crippen LogP contribution in [-0.4, -0.2) is 29.8 Å². The number of halogens is 2. The third kappa shape index (κ3) is 2.85. The number of carbonyl (C=O) groups is 2. The van der Waals surface area contributed by atoms with Gasteiger partial charge in [0.2, 0.25) is 11.8 Å². The quantitative estimate of drug-likeness (QED) is 0.762. The zero-order valence-electron chi connectivity index (χ0n) is 8.87. The van der Waals surface area contributed by atoms with E-state index in [-0.39, 0.29) is 25.2 Å². The molecule has 2 amide bonds. The number of hydrogen-bond acceptors (Lipinski definition) is 3. The summed E-state index contributed by atoms with van der Waals surface area (Å²) < 4.78 is 26.3. The number of carbonyl (C=O) groups excluding carboxylic acids is 2. The van der Waals surface area contributed by atoms with E-state index in [0.717, 1.165) is 18.2 Å². The number of imide groups is 1. The second-order valence-electron chi connectivity index (χ2n) is 3.85. The lowest BCUT2D eigenvalue weighted by molar-refractivity contribution is -0.136. The fraction of sp³-hybridized carbons (Fsp3) is 0.273. The van der Waals surface area contributed by atoms with E-state index in [9.17, 15) is 18.4 Å². The molecule has 4 nitrogen and oxygen atoms in total. The molecule has 0 aromatic heterocycles. The first-order valence-corrected chi connectivity index (χ1v) is 5.03. The van der Waals surface area contributed by atoms with Gasteiger partial charge in [0.05, 0.1) is 13.1 Å². The normalized spacial score (nSPS) is 17.1. The van der Waals surface area contributed by atoms with Gasteiger partial charge in [0.15, 0.2) is 0 Å². The van der Waals surface area contributed by atoms with Gasteiger partial charge in [-0.15, -0.1) is 0 Å². The Balaban J connectivity index is 2.12. The minimum atomic E-state index is -0.551. The van der Waals surface area contributed by atoms with Crippen LogP contribution in [0.4, 0.5) is 8.78 Å². The minimum Gasteiger partial charge on any atom is -0.294 e. The average molecular weight is 240 g/mol. The monoisotopic (exact) mass is 240 g/mol. The fourth-order valence-electron chi connectivity index (χ4n) is 1.71. The molecule has 0 saturated carbocycles. The van der Waals surface area contributed by atoms with Crippen LogP contribution in [0.3, 0.4) is 0 Å². The maximum Gasteiger partial charge on any atom is 0.240 e. The van der Waals surface area contributed by atoms with E-state index in [1.165, 1.54) is 4.90 Å². The van der Waals surface area contributed by atoms with Crippen LogP contribution in [0, 0.1) is 11.6 Å². The summed E-state index contributed by atoms with van der Waals surface area (Å²) in [4.78, 5) is 23.6. The van der Waals surface area contributed by atoms with Crippen molar-refractivity contribution in [2.24, 2.45) is 0 Å². The van der Waals surface area contributed by atoms with Crippen LogP contribution in [0.2, 0.25) is 0 Å². The van der Waals surface area contributed by atoms with Crippen LogP contribution in [0.1, 0.15) is 5.56 Å². The molecule has 1 heterocycles. The van der Waals surface area contributed by atoms with E-state index in [1.807, 2.05) is 0 Å². The number of piperazine rings is 1. The molecule has 1 aliphatic rings. The largest absolute Gasteiger partial charge is 0.294 e. The Bertz CT molecular complexity index is 461. The van der Waals surface area contributed by atoms with Crippen molar-refractivity contribution in [2.75, 3.05) is 13.1 Å². The molecule has 17 heavy (non-hydrogen) atoms. The van der Waals surface area contributed by atoms with E-state index in [4.69, 9.17) is 0 Å². The van der Waals surface area contributed by atoms with Crippen molar-refractivity contribution in [3.63, 3.8) is 0 Å². The Morgan fingerprint density at radius 2 is 1.82 bits per heavy atom.